The highest BCUT2D eigenvalue weighted by atomic mass is 16.5. The summed E-state index contributed by atoms with van der Waals surface area (Å²) in [5.41, 5.74) is 3.18. The van der Waals surface area contributed by atoms with E-state index in [1.54, 1.807) is 0 Å². The molecule has 0 fully saturated rings. The maximum absolute atomic E-state index is 11.1. The lowest BCUT2D eigenvalue weighted by Crippen LogP contribution is -2.28. The zero-order valence-electron chi connectivity index (χ0n) is 17.9. The fraction of sp³-hybridized carbons (Fsp3) is 0.522. The Morgan fingerprint density at radius 2 is 2.00 bits per heavy atom. The third-order valence-corrected chi connectivity index (χ3v) is 5.43. The number of hydrogen-bond donors (Lipinski definition) is 2. The van der Waals surface area contributed by atoms with Crippen LogP contribution >= 0.6 is 0 Å². The highest BCUT2D eigenvalue weighted by Crippen LogP contribution is 2.36. The molecule has 1 atom stereocenters. The van der Waals surface area contributed by atoms with Crippen molar-refractivity contribution in [3.05, 3.63) is 41.7 Å². The van der Waals surface area contributed by atoms with Crippen LogP contribution in [-0.2, 0) is 11.2 Å². The van der Waals surface area contributed by atoms with Gasteiger partial charge >= 0.3 is 5.97 Å². The molecule has 1 unspecified atom stereocenters. The van der Waals surface area contributed by atoms with Crippen LogP contribution in [0.4, 0.5) is 11.6 Å². The van der Waals surface area contributed by atoms with Crippen molar-refractivity contribution in [1.29, 1.82) is 0 Å². The number of anilines is 2. The average Bonchev–Trinajstić information content (AvgIpc) is 3.15. The number of aromatic nitrogens is 2. The van der Waals surface area contributed by atoms with Gasteiger partial charge in [0.25, 0.3) is 0 Å². The molecule has 0 spiro atoms. The zero-order valence-corrected chi connectivity index (χ0v) is 17.9. The van der Waals surface area contributed by atoms with Crippen LogP contribution in [0.5, 0.6) is 5.75 Å². The number of aliphatic carboxylic acids is 1. The molecular weight excluding hydrogens is 380 g/mol. The molecule has 3 rings (SSSR count). The van der Waals surface area contributed by atoms with Crippen LogP contribution in [0.1, 0.15) is 56.6 Å². The number of carboxylic acids is 1. The Bertz CT molecular complexity index is 826. The molecule has 2 heterocycles. The minimum absolute atomic E-state index is 0.00572. The van der Waals surface area contributed by atoms with Crippen molar-refractivity contribution in [2.75, 3.05) is 36.5 Å². The third-order valence-electron chi connectivity index (χ3n) is 5.43. The van der Waals surface area contributed by atoms with Crippen molar-refractivity contribution in [1.82, 2.24) is 9.97 Å². The quantitative estimate of drug-likeness (QED) is 0.508. The van der Waals surface area contributed by atoms with Crippen LogP contribution in [0.25, 0.3) is 0 Å². The summed E-state index contributed by atoms with van der Waals surface area (Å²) in [5.74, 6) is 0.786. The Morgan fingerprint density at radius 1 is 1.23 bits per heavy atom. The molecule has 7 nitrogen and oxygen atoms in total. The lowest BCUT2D eigenvalue weighted by molar-refractivity contribution is -0.137. The van der Waals surface area contributed by atoms with Crippen LogP contribution in [0.3, 0.4) is 0 Å². The first-order chi connectivity index (χ1) is 14.6. The molecule has 0 amide bonds. The van der Waals surface area contributed by atoms with E-state index in [0.717, 1.165) is 67.3 Å². The summed E-state index contributed by atoms with van der Waals surface area (Å²) in [4.78, 5) is 22.4. The largest absolute Gasteiger partial charge is 0.494 e. The second kappa shape index (κ2) is 10.8. The van der Waals surface area contributed by atoms with E-state index < -0.39 is 5.97 Å². The van der Waals surface area contributed by atoms with E-state index in [9.17, 15) is 4.79 Å². The second-order valence-corrected chi connectivity index (χ2v) is 7.71. The number of carboxylic acid groups (broad SMARTS) is 1. The van der Waals surface area contributed by atoms with Gasteiger partial charge in [-0.15, -0.1) is 0 Å². The number of unbranched alkanes of at least 4 members (excludes halogenated alkanes) is 1. The van der Waals surface area contributed by atoms with Gasteiger partial charge in [-0.3, -0.25) is 4.79 Å². The fourth-order valence-electron chi connectivity index (χ4n) is 3.67. The molecule has 0 radical (unpaired) electrons. The molecular formula is C23H32N4O3. The van der Waals surface area contributed by atoms with Crippen LogP contribution in [0.2, 0.25) is 0 Å². The third kappa shape index (κ3) is 5.84. The Balaban J connectivity index is 1.53. The maximum atomic E-state index is 11.1. The summed E-state index contributed by atoms with van der Waals surface area (Å²) in [6.07, 6.45) is 7.97. The topological polar surface area (TPSA) is 87.6 Å². The Hall–Kier alpha value is -2.83. The first-order valence-corrected chi connectivity index (χ1v) is 10.9. The van der Waals surface area contributed by atoms with E-state index >= 15 is 0 Å². The summed E-state index contributed by atoms with van der Waals surface area (Å²) in [7, 11) is 0. The summed E-state index contributed by atoms with van der Waals surface area (Å²) >= 11 is 0. The van der Waals surface area contributed by atoms with Crippen LogP contribution in [0.15, 0.2) is 30.6 Å². The molecule has 0 bridgehead atoms. The van der Waals surface area contributed by atoms with Crippen LogP contribution in [-0.4, -0.2) is 47.3 Å². The number of benzene rings is 1. The predicted octanol–water partition coefficient (Wildman–Crippen LogP) is 4.10. The van der Waals surface area contributed by atoms with E-state index in [1.807, 2.05) is 30.6 Å². The van der Waals surface area contributed by atoms with Gasteiger partial charge < -0.3 is 20.1 Å². The molecule has 2 aromatic rings. The van der Waals surface area contributed by atoms with Gasteiger partial charge in [-0.25, -0.2) is 9.97 Å². The number of carbonyl (C=O) groups is 1. The number of ether oxygens (including phenoxy) is 1. The van der Waals surface area contributed by atoms with E-state index in [2.05, 4.69) is 34.0 Å². The number of rotatable bonds is 12. The van der Waals surface area contributed by atoms with Crippen molar-refractivity contribution >= 4 is 17.6 Å². The van der Waals surface area contributed by atoms with Gasteiger partial charge in [-0.1, -0.05) is 20.3 Å². The lowest BCUT2D eigenvalue weighted by atomic mass is 9.98. The average molecular weight is 413 g/mol. The number of fused-ring (bicyclic) bond motifs is 1. The molecule has 0 aliphatic carbocycles. The predicted molar refractivity (Wildman–Crippen MR) is 119 cm³/mol. The summed E-state index contributed by atoms with van der Waals surface area (Å²) < 4.78 is 5.97. The van der Waals surface area contributed by atoms with Gasteiger partial charge in [-0.2, -0.15) is 0 Å². The SMILES string of the molecule is CCCCN(CCCOc1ccc2c(c1)C(CC(=O)O)CN2)c1ncc(CC)cn1. The van der Waals surface area contributed by atoms with Crippen molar-refractivity contribution in [3.8, 4) is 5.75 Å². The van der Waals surface area contributed by atoms with Crippen molar-refractivity contribution in [2.24, 2.45) is 0 Å². The van der Waals surface area contributed by atoms with Gasteiger partial charge in [0, 0.05) is 43.6 Å². The summed E-state index contributed by atoms with van der Waals surface area (Å²) in [6, 6.07) is 5.89. The number of nitrogens with one attached hydrogen (secondary N) is 1. The Labute approximate surface area is 178 Å². The van der Waals surface area contributed by atoms with Crippen molar-refractivity contribution < 1.29 is 14.6 Å². The molecule has 0 saturated carbocycles. The molecule has 1 aromatic carbocycles. The molecule has 1 aliphatic rings. The molecule has 30 heavy (non-hydrogen) atoms. The van der Waals surface area contributed by atoms with Gasteiger partial charge in [0.2, 0.25) is 5.95 Å². The molecule has 2 N–H and O–H groups in total. The van der Waals surface area contributed by atoms with Crippen LogP contribution in [0, 0.1) is 0 Å². The van der Waals surface area contributed by atoms with Gasteiger partial charge in [-0.05, 0) is 48.6 Å². The summed E-state index contributed by atoms with van der Waals surface area (Å²) in [6.45, 7) is 7.30. The van der Waals surface area contributed by atoms with E-state index in [4.69, 9.17) is 9.84 Å². The molecule has 1 aromatic heterocycles. The highest BCUT2D eigenvalue weighted by molar-refractivity contribution is 5.71. The van der Waals surface area contributed by atoms with Gasteiger partial charge in [0.15, 0.2) is 0 Å². The zero-order chi connectivity index (χ0) is 21.3. The van der Waals surface area contributed by atoms with Crippen molar-refractivity contribution in [2.45, 2.75) is 51.9 Å². The maximum Gasteiger partial charge on any atom is 0.304 e. The fourth-order valence-corrected chi connectivity index (χ4v) is 3.67. The van der Waals surface area contributed by atoms with Crippen molar-refractivity contribution in [3.63, 3.8) is 0 Å². The first-order valence-electron chi connectivity index (χ1n) is 10.9. The monoisotopic (exact) mass is 412 g/mol. The molecule has 1 aliphatic heterocycles. The van der Waals surface area contributed by atoms with E-state index in [1.165, 1.54) is 0 Å². The minimum atomic E-state index is -0.776. The second-order valence-electron chi connectivity index (χ2n) is 7.71. The van der Waals surface area contributed by atoms with Gasteiger partial charge in [0.05, 0.1) is 13.0 Å². The molecule has 7 heteroatoms. The van der Waals surface area contributed by atoms with E-state index in [0.29, 0.717) is 13.2 Å². The molecule has 0 saturated heterocycles. The highest BCUT2D eigenvalue weighted by Gasteiger charge is 2.24. The molecule has 162 valence electrons. The number of nitrogens with zero attached hydrogens (tertiary/aromatic N) is 3. The number of aryl methyl sites for hydroxylation is 1. The minimum Gasteiger partial charge on any atom is -0.494 e. The number of hydrogen-bond acceptors (Lipinski definition) is 6. The summed E-state index contributed by atoms with van der Waals surface area (Å²) in [5, 5.41) is 12.4. The normalized spacial score (nSPS) is 14.8. The Kier molecular flexibility index (Phi) is 7.88. The standard InChI is InChI=1S/C23H32N4O3/c1-3-5-9-27(23-25-14-17(4-2)15-26-23)10-6-11-30-19-7-8-21-20(13-19)18(16-24-21)12-22(28)29/h7-8,13-15,18,24H,3-6,9-12,16H2,1-2H3,(H,28,29). The van der Waals surface area contributed by atoms with E-state index in [-0.39, 0.29) is 12.3 Å². The Morgan fingerprint density at radius 3 is 2.70 bits per heavy atom. The smallest absolute Gasteiger partial charge is 0.304 e. The first kappa shape index (κ1) is 21.9. The lowest BCUT2D eigenvalue weighted by Gasteiger charge is -2.22. The van der Waals surface area contributed by atoms with Crippen LogP contribution < -0.4 is 15.0 Å². The van der Waals surface area contributed by atoms with Gasteiger partial charge in [0.1, 0.15) is 5.75 Å².